The Bertz CT molecular complexity index is 575. The van der Waals surface area contributed by atoms with Gasteiger partial charge in [-0.2, -0.15) is 0 Å². The number of thiazole rings is 1. The van der Waals surface area contributed by atoms with Crippen molar-refractivity contribution < 1.29 is 9.53 Å². The second-order valence-electron chi connectivity index (χ2n) is 4.35. The average molecular weight is 287 g/mol. The van der Waals surface area contributed by atoms with Crippen molar-refractivity contribution in [2.75, 3.05) is 7.11 Å². The molecule has 3 nitrogen and oxygen atoms in total. The molecule has 0 N–H and O–H groups in total. The third-order valence-corrected chi connectivity index (χ3v) is 3.69. The summed E-state index contributed by atoms with van der Waals surface area (Å²) in [5.41, 5.74) is 2.20. The van der Waals surface area contributed by atoms with E-state index in [0.717, 1.165) is 29.1 Å². The summed E-state index contributed by atoms with van der Waals surface area (Å²) in [6.45, 7) is 0. The van der Waals surface area contributed by atoms with Gasteiger partial charge in [0.15, 0.2) is 0 Å². The van der Waals surface area contributed by atoms with E-state index in [9.17, 15) is 4.79 Å². The van der Waals surface area contributed by atoms with Gasteiger partial charge >= 0.3 is 5.97 Å². The molecule has 0 aliphatic rings. The van der Waals surface area contributed by atoms with Crippen molar-refractivity contribution in [1.82, 2.24) is 4.98 Å². The van der Waals surface area contributed by atoms with Gasteiger partial charge in [0.05, 0.1) is 12.8 Å². The maximum atomic E-state index is 11.0. The summed E-state index contributed by atoms with van der Waals surface area (Å²) in [7, 11) is 1.41. The summed E-state index contributed by atoms with van der Waals surface area (Å²) < 4.78 is 4.61. The fourth-order valence-electron chi connectivity index (χ4n) is 1.76. The smallest absolute Gasteiger partial charge is 0.305 e. The van der Waals surface area contributed by atoms with Crippen molar-refractivity contribution >= 4 is 29.5 Å². The van der Waals surface area contributed by atoms with Crippen LogP contribution in [-0.2, 0) is 16.0 Å². The predicted molar refractivity (Wildman–Crippen MR) is 82.4 cm³/mol. The van der Waals surface area contributed by atoms with Crippen LogP contribution in [0.2, 0.25) is 0 Å². The number of carbonyl (C=O) groups excluding carboxylic acids is 1. The molecule has 20 heavy (non-hydrogen) atoms. The average Bonchev–Trinajstić information content (AvgIpc) is 2.94. The standard InChI is InChI=1S/C16H17NO2S/c1-19-16(18)9-5-8-14-12-20-15(17-14)11-10-13-6-3-2-4-7-13/h2-4,6-7,10-12H,5,8-9H2,1H3/b11-10+. The lowest BCUT2D eigenvalue weighted by Crippen LogP contribution is -2.00. The summed E-state index contributed by atoms with van der Waals surface area (Å²) in [5, 5.41) is 3.03. The third kappa shape index (κ3) is 4.63. The van der Waals surface area contributed by atoms with Crippen LogP contribution in [0.5, 0.6) is 0 Å². The normalized spacial score (nSPS) is 10.8. The Hall–Kier alpha value is -1.94. The molecule has 0 aliphatic carbocycles. The topological polar surface area (TPSA) is 39.2 Å². The summed E-state index contributed by atoms with van der Waals surface area (Å²) in [4.78, 5) is 15.5. The van der Waals surface area contributed by atoms with Crippen LogP contribution < -0.4 is 0 Å². The van der Waals surface area contributed by atoms with Gasteiger partial charge in [-0.15, -0.1) is 11.3 Å². The van der Waals surface area contributed by atoms with E-state index in [2.05, 4.69) is 27.9 Å². The zero-order chi connectivity index (χ0) is 14.2. The van der Waals surface area contributed by atoms with E-state index in [1.165, 1.54) is 7.11 Å². The first-order valence-corrected chi connectivity index (χ1v) is 7.40. The number of esters is 1. The zero-order valence-electron chi connectivity index (χ0n) is 11.4. The van der Waals surface area contributed by atoms with Gasteiger partial charge in [-0.25, -0.2) is 4.98 Å². The second-order valence-corrected chi connectivity index (χ2v) is 5.24. The first-order valence-electron chi connectivity index (χ1n) is 6.52. The number of rotatable bonds is 6. The van der Waals surface area contributed by atoms with E-state index >= 15 is 0 Å². The van der Waals surface area contributed by atoms with E-state index in [0.29, 0.717) is 6.42 Å². The fraction of sp³-hybridized carbons (Fsp3) is 0.250. The second kappa shape index (κ2) is 7.60. The molecule has 4 heteroatoms. The molecule has 0 unspecified atom stereocenters. The van der Waals surface area contributed by atoms with Gasteiger partial charge < -0.3 is 4.74 Å². The lowest BCUT2D eigenvalue weighted by molar-refractivity contribution is -0.140. The van der Waals surface area contributed by atoms with Gasteiger partial charge in [0, 0.05) is 11.8 Å². The molecular formula is C16H17NO2S. The van der Waals surface area contributed by atoms with E-state index in [1.807, 2.05) is 29.7 Å². The maximum absolute atomic E-state index is 11.0. The van der Waals surface area contributed by atoms with Crippen LogP contribution in [0.25, 0.3) is 12.2 Å². The van der Waals surface area contributed by atoms with Crippen molar-refractivity contribution in [3.05, 3.63) is 52.0 Å². The molecule has 2 aromatic rings. The molecule has 104 valence electrons. The number of hydrogen-bond acceptors (Lipinski definition) is 4. The van der Waals surface area contributed by atoms with E-state index < -0.39 is 0 Å². The van der Waals surface area contributed by atoms with Crippen molar-refractivity contribution in [3.8, 4) is 0 Å². The highest BCUT2D eigenvalue weighted by Crippen LogP contribution is 2.15. The van der Waals surface area contributed by atoms with Gasteiger partial charge in [-0.05, 0) is 24.5 Å². The Kier molecular flexibility index (Phi) is 5.50. The molecule has 1 heterocycles. The molecule has 0 spiro atoms. The summed E-state index contributed by atoms with van der Waals surface area (Å²) >= 11 is 1.62. The Morgan fingerprint density at radius 1 is 1.30 bits per heavy atom. The van der Waals surface area contributed by atoms with Crippen molar-refractivity contribution in [2.45, 2.75) is 19.3 Å². The molecule has 0 bridgehead atoms. The van der Waals surface area contributed by atoms with Crippen LogP contribution in [0.4, 0.5) is 0 Å². The fourth-order valence-corrected chi connectivity index (χ4v) is 2.51. The number of benzene rings is 1. The largest absolute Gasteiger partial charge is 0.469 e. The lowest BCUT2D eigenvalue weighted by atomic mass is 10.2. The maximum Gasteiger partial charge on any atom is 0.305 e. The number of aryl methyl sites for hydroxylation is 1. The van der Waals surface area contributed by atoms with Crippen LogP contribution in [0, 0.1) is 0 Å². The Morgan fingerprint density at radius 3 is 2.85 bits per heavy atom. The Morgan fingerprint density at radius 2 is 2.10 bits per heavy atom. The number of hydrogen-bond donors (Lipinski definition) is 0. The first kappa shape index (κ1) is 14.5. The minimum Gasteiger partial charge on any atom is -0.469 e. The minimum absolute atomic E-state index is 0.163. The highest BCUT2D eigenvalue weighted by atomic mass is 32.1. The summed E-state index contributed by atoms with van der Waals surface area (Å²) in [5.74, 6) is -0.163. The Labute approximate surface area is 122 Å². The molecule has 0 aliphatic heterocycles. The molecular weight excluding hydrogens is 270 g/mol. The molecule has 0 saturated carbocycles. The molecule has 0 atom stereocenters. The van der Waals surface area contributed by atoms with Crippen LogP contribution >= 0.6 is 11.3 Å². The van der Waals surface area contributed by atoms with Gasteiger partial charge in [0.25, 0.3) is 0 Å². The molecule has 2 rings (SSSR count). The van der Waals surface area contributed by atoms with Crippen LogP contribution in [0.1, 0.15) is 29.1 Å². The lowest BCUT2D eigenvalue weighted by Gasteiger charge is -1.96. The molecule has 1 aromatic heterocycles. The van der Waals surface area contributed by atoms with E-state index in [4.69, 9.17) is 0 Å². The van der Waals surface area contributed by atoms with Crippen LogP contribution in [-0.4, -0.2) is 18.1 Å². The molecule has 0 amide bonds. The number of nitrogens with zero attached hydrogens (tertiary/aromatic N) is 1. The Balaban J connectivity index is 1.86. The van der Waals surface area contributed by atoms with Gasteiger partial charge in [0.1, 0.15) is 5.01 Å². The molecule has 1 aromatic carbocycles. The molecule has 0 fully saturated rings. The van der Waals surface area contributed by atoms with E-state index in [1.54, 1.807) is 11.3 Å². The van der Waals surface area contributed by atoms with E-state index in [-0.39, 0.29) is 5.97 Å². The SMILES string of the molecule is COC(=O)CCCc1csc(/C=C/c2ccccc2)n1. The molecule has 0 radical (unpaired) electrons. The van der Waals surface area contributed by atoms with Gasteiger partial charge in [-0.3, -0.25) is 4.79 Å². The number of carbonyl (C=O) groups is 1. The van der Waals surface area contributed by atoms with Crippen LogP contribution in [0.15, 0.2) is 35.7 Å². The summed E-state index contributed by atoms with van der Waals surface area (Å²) in [6.07, 6.45) is 6.10. The highest BCUT2D eigenvalue weighted by molar-refractivity contribution is 7.10. The van der Waals surface area contributed by atoms with Crippen molar-refractivity contribution in [1.29, 1.82) is 0 Å². The number of aromatic nitrogens is 1. The minimum atomic E-state index is -0.163. The number of methoxy groups -OCH3 is 1. The van der Waals surface area contributed by atoms with Gasteiger partial charge in [-0.1, -0.05) is 36.4 Å². The first-order chi connectivity index (χ1) is 9.78. The quantitative estimate of drug-likeness (QED) is 0.758. The third-order valence-electron chi connectivity index (χ3n) is 2.83. The van der Waals surface area contributed by atoms with Crippen molar-refractivity contribution in [3.63, 3.8) is 0 Å². The monoisotopic (exact) mass is 287 g/mol. The summed E-state index contributed by atoms with van der Waals surface area (Å²) in [6, 6.07) is 10.1. The highest BCUT2D eigenvalue weighted by Gasteiger charge is 2.03. The zero-order valence-corrected chi connectivity index (χ0v) is 12.2. The van der Waals surface area contributed by atoms with Crippen LogP contribution in [0.3, 0.4) is 0 Å². The predicted octanol–water partition coefficient (Wildman–Crippen LogP) is 3.81. The number of ether oxygens (including phenoxy) is 1. The van der Waals surface area contributed by atoms with Crippen molar-refractivity contribution in [2.24, 2.45) is 0 Å². The van der Waals surface area contributed by atoms with Gasteiger partial charge in [0.2, 0.25) is 0 Å². The molecule has 0 saturated heterocycles.